The Balaban J connectivity index is 1.39. The molecule has 3 aromatic rings. The topological polar surface area (TPSA) is 85.6 Å². The summed E-state index contributed by atoms with van der Waals surface area (Å²) in [5, 5.41) is 22.4. The maximum Gasteiger partial charge on any atom is 0.236 e. The van der Waals surface area contributed by atoms with Crippen LogP contribution in [0.4, 0.5) is 5.13 Å². The van der Waals surface area contributed by atoms with E-state index in [0.29, 0.717) is 27.8 Å². The predicted octanol–water partition coefficient (Wildman–Crippen LogP) is 4.08. The Bertz CT molecular complexity index is 951. The van der Waals surface area contributed by atoms with Gasteiger partial charge in [-0.15, -0.1) is 20.4 Å². The predicted molar refractivity (Wildman–Crippen MR) is 107 cm³/mol. The van der Waals surface area contributed by atoms with Gasteiger partial charge in [0.05, 0.1) is 5.75 Å². The minimum atomic E-state index is -0.128. The molecule has 1 fully saturated rings. The highest BCUT2D eigenvalue weighted by Crippen LogP contribution is 2.42. The Labute approximate surface area is 169 Å². The fraction of sp³-hybridized carbons (Fsp3) is 0.353. The minimum absolute atomic E-state index is 0.128. The number of hydrogen-bond acceptors (Lipinski definition) is 7. The van der Waals surface area contributed by atoms with E-state index in [1.54, 1.807) is 0 Å². The number of benzene rings is 1. The smallest absolute Gasteiger partial charge is 0.236 e. The number of thioether (sulfide) groups is 1. The van der Waals surface area contributed by atoms with Crippen LogP contribution in [-0.4, -0.2) is 36.6 Å². The molecular weight excluding hydrogens is 404 g/mol. The summed E-state index contributed by atoms with van der Waals surface area (Å²) in [4.78, 5) is 12.2. The average molecular weight is 421 g/mol. The van der Waals surface area contributed by atoms with E-state index in [4.69, 9.17) is 11.6 Å². The highest BCUT2D eigenvalue weighted by Gasteiger charge is 2.27. The number of carbonyl (C=O) groups is 1. The summed E-state index contributed by atoms with van der Waals surface area (Å²) in [6, 6.07) is 7.47. The van der Waals surface area contributed by atoms with Crippen LogP contribution in [0.5, 0.6) is 0 Å². The molecular formula is C17H17ClN6OS2. The fourth-order valence-corrected chi connectivity index (χ4v) is 4.42. The maximum absolute atomic E-state index is 12.2. The molecule has 10 heteroatoms. The van der Waals surface area contributed by atoms with Gasteiger partial charge in [-0.25, -0.2) is 0 Å². The number of aromatic nitrogens is 5. The molecule has 0 spiro atoms. The third-order valence-electron chi connectivity index (χ3n) is 4.08. The number of hydrogen-bond donors (Lipinski definition) is 1. The van der Waals surface area contributed by atoms with Crippen molar-refractivity contribution in [3.63, 3.8) is 0 Å². The van der Waals surface area contributed by atoms with Gasteiger partial charge in [0.25, 0.3) is 0 Å². The molecule has 1 amide bonds. The first-order valence-electron chi connectivity index (χ1n) is 8.59. The van der Waals surface area contributed by atoms with Crippen LogP contribution in [0.15, 0.2) is 29.4 Å². The van der Waals surface area contributed by atoms with E-state index in [1.807, 2.05) is 35.8 Å². The molecule has 0 saturated heterocycles. The summed E-state index contributed by atoms with van der Waals surface area (Å²) in [6.07, 6.45) is 2.34. The van der Waals surface area contributed by atoms with Crippen LogP contribution < -0.4 is 5.32 Å². The zero-order valence-electron chi connectivity index (χ0n) is 14.6. The lowest BCUT2D eigenvalue weighted by molar-refractivity contribution is -0.113. The van der Waals surface area contributed by atoms with Crippen molar-refractivity contribution >= 4 is 45.7 Å². The second kappa shape index (κ2) is 7.95. The van der Waals surface area contributed by atoms with Crippen molar-refractivity contribution in [2.45, 2.75) is 37.4 Å². The first-order chi connectivity index (χ1) is 13.1. The van der Waals surface area contributed by atoms with Crippen LogP contribution in [0, 0.1) is 0 Å². The van der Waals surface area contributed by atoms with E-state index in [0.717, 1.165) is 16.4 Å². The Hall–Kier alpha value is -1.97. The molecule has 0 radical (unpaired) electrons. The van der Waals surface area contributed by atoms with Gasteiger partial charge >= 0.3 is 0 Å². The first-order valence-corrected chi connectivity index (χ1v) is 10.8. The lowest BCUT2D eigenvalue weighted by Gasteiger charge is -2.07. The summed E-state index contributed by atoms with van der Waals surface area (Å²) in [6.45, 7) is 2.73. The van der Waals surface area contributed by atoms with Gasteiger partial charge in [-0.3, -0.25) is 10.1 Å². The maximum atomic E-state index is 12.2. The summed E-state index contributed by atoms with van der Waals surface area (Å²) >= 11 is 8.76. The summed E-state index contributed by atoms with van der Waals surface area (Å²) in [5.41, 5.74) is 0.937. The number of anilines is 1. The number of nitrogens with zero attached hydrogens (tertiary/aromatic N) is 5. The number of rotatable bonds is 7. The van der Waals surface area contributed by atoms with Crippen LogP contribution in [-0.2, 0) is 11.3 Å². The van der Waals surface area contributed by atoms with Gasteiger partial charge in [-0.1, -0.05) is 34.7 Å². The second-order valence-electron chi connectivity index (χ2n) is 6.11. The molecule has 0 atom stereocenters. The second-order valence-corrected chi connectivity index (χ2v) is 8.50. The van der Waals surface area contributed by atoms with Crippen LogP contribution in [0.1, 0.15) is 30.7 Å². The Morgan fingerprint density at radius 3 is 2.74 bits per heavy atom. The van der Waals surface area contributed by atoms with Crippen molar-refractivity contribution in [1.82, 2.24) is 25.0 Å². The molecule has 0 aliphatic heterocycles. The molecule has 140 valence electrons. The lowest BCUT2D eigenvalue weighted by Crippen LogP contribution is -2.14. The SMILES string of the molecule is CCn1c(SCC(=O)Nc2nnc(C3CC3)s2)nnc1-c1ccc(Cl)cc1. The highest BCUT2D eigenvalue weighted by atomic mass is 35.5. The Kier molecular flexibility index (Phi) is 5.42. The molecule has 1 saturated carbocycles. The van der Waals surface area contributed by atoms with Crippen molar-refractivity contribution in [3.05, 3.63) is 34.3 Å². The molecule has 2 aromatic heterocycles. The number of nitrogens with one attached hydrogen (secondary N) is 1. The highest BCUT2D eigenvalue weighted by molar-refractivity contribution is 7.99. The molecule has 7 nitrogen and oxygen atoms in total. The molecule has 1 aromatic carbocycles. The van der Waals surface area contributed by atoms with E-state index in [2.05, 4.69) is 25.7 Å². The fourth-order valence-electron chi connectivity index (χ4n) is 2.56. The van der Waals surface area contributed by atoms with Crippen LogP contribution in [0.25, 0.3) is 11.4 Å². The van der Waals surface area contributed by atoms with Gasteiger partial charge in [0, 0.05) is 23.0 Å². The minimum Gasteiger partial charge on any atom is -0.302 e. The van der Waals surface area contributed by atoms with Crippen LogP contribution >= 0.6 is 34.7 Å². The third-order valence-corrected chi connectivity index (χ3v) is 6.30. The standard InChI is InChI=1S/C17H17ClN6OS2/c1-2-24-14(10-5-7-12(18)8-6-10)20-23-17(24)26-9-13(25)19-16-22-21-15(27-16)11-3-4-11/h5-8,11H,2-4,9H2,1H3,(H,19,22,25). The quantitative estimate of drug-likeness (QED) is 0.579. The normalized spacial score (nSPS) is 13.7. The van der Waals surface area contributed by atoms with Crippen molar-refractivity contribution in [1.29, 1.82) is 0 Å². The van der Waals surface area contributed by atoms with E-state index < -0.39 is 0 Å². The van der Waals surface area contributed by atoms with E-state index in [-0.39, 0.29) is 11.7 Å². The molecule has 1 aliphatic carbocycles. The molecule has 2 heterocycles. The molecule has 27 heavy (non-hydrogen) atoms. The summed E-state index contributed by atoms with van der Waals surface area (Å²) < 4.78 is 1.98. The zero-order chi connectivity index (χ0) is 18.8. The molecule has 1 N–H and O–H groups in total. The van der Waals surface area contributed by atoms with E-state index in [1.165, 1.54) is 35.9 Å². The first kappa shape index (κ1) is 18.4. The summed E-state index contributed by atoms with van der Waals surface area (Å²) in [5.74, 6) is 1.40. The van der Waals surface area contributed by atoms with E-state index >= 15 is 0 Å². The monoisotopic (exact) mass is 420 g/mol. The van der Waals surface area contributed by atoms with Crippen LogP contribution in [0.2, 0.25) is 5.02 Å². The number of carbonyl (C=O) groups excluding carboxylic acids is 1. The molecule has 4 rings (SSSR count). The van der Waals surface area contributed by atoms with Gasteiger partial charge in [0.2, 0.25) is 11.0 Å². The van der Waals surface area contributed by atoms with Gasteiger partial charge in [0.1, 0.15) is 5.01 Å². The van der Waals surface area contributed by atoms with Gasteiger partial charge in [0.15, 0.2) is 11.0 Å². The lowest BCUT2D eigenvalue weighted by atomic mass is 10.2. The van der Waals surface area contributed by atoms with Gasteiger partial charge < -0.3 is 4.57 Å². The molecule has 0 bridgehead atoms. The average Bonchev–Trinajstić information content (AvgIpc) is 3.28. The van der Waals surface area contributed by atoms with Crippen molar-refractivity contribution in [2.24, 2.45) is 0 Å². The Morgan fingerprint density at radius 1 is 1.26 bits per heavy atom. The van der Waals surface area contributed by atoms with Crippen molar-refractivity contribution in [3.8, 4) is 11.4 Å². The third kappa shape index (κ3) is 4.31. The van der Waals surface area contributed by atoms with E-state index in [9.17, 15) is 4.79 Å². The largest absolute Gasteiger partial charge is 0.302 e. The van der Waals surface area contributed by atoms with Gasteiger partial charge in [-0.2, -0.15) is 0 Å². The number of halogens is 1. The zero-order valence-corrected chi connectivity index (χ0v) is 16.9. The van der Waals surface area contributed by atoms with Crippen molar-refractivity contribution in [2.75, 3.05) is 11.1 Å². The van der Waals surface area contributed by atoms with Crippen molar-refractivity contribution < 1.29 is 4.79 Å². The Morgan fingerprint density at radius 2 is 2.04 bits per heavy atom. The number of amides is 1. The summed E-state index contributed by atoms with van der Waals surface area (Å²) in [7, 11) is 0. The van der Waals surface area contributed by atoms with Gasteiger partial charge in [-0.05, 0) is 44.0 Å². The molecule has 0 unspecified atom stereocenters. The molecule has 1 aliphatic rings. The van der Waals surface area contributed by atoms with Crippen LogP contribution in [0.3, 0.4) is 0 Å².